The fraction of sp³-hybridized carbons (Fsp3) is 0.200. The molecule has 0 radical (unpaired) electrons. The summed E-state index contributed by atoms with van der Waals surface area (Å²) in [6, 6.07) is 9.49. The molecule has 2 N–H and O–H groups in total. The molecule has 51 heavy (non-hydrogen) atoms. The lowest BCUT2D eigenvalue weighted by Crippen LogP contribution is -2.06. The van der Waals surface area contributed by atoms with Crippen molar-refractivity contribution in [1.29, 1.82) is 0 Å². The predicted octanol–water partition coefficient (Wildman–Crippen LogP) is 9.44. The average Bonchev–Trinajstić information content (AvgIpc) is 3.10. The second-order valence-corrected chi connectivity index (χ2v) is 12.5. The molecule has 264 valence electrons. The van der Waals surface area contributed by atoms with Crippen LogP contribution in [-0.4, -0.2) is 37.4 Å². The van der Waals surface area contributed by atoms with E-state index in [2.05, 4.69) is 20.6 Å². The van der Waals surface area contributed by atoms with Crippen molar-refractivity contribution in [3.63, 3.8) is 0 Å². The molecule has 6 rings (SSSR count). The van der Waals surface area contributed by atoms with Gasteiger partial charge in [0.05, 0.1) is 70.3 Å². The van der Waals surface area contributed by atoms with Crippen LogP contribution < -0.4 is 40.8 Å². The number of unbranched alkanes of at least 4 members (excludes halogenated alkanes) is 2. The molecule has 12 nitrogen and oxygen atoms in total. The predicted molar refractivity (Wildman–Crippen MR) is 198 cm³/mol. The Labute approximate surface area is 310 Å². The van der Waals surface area contributed by atoms with Crippen LogP contribution in [0.5, 0.6) is 23.0 Å². The third kappa shape index (κ3) is 7.89. The van der Waals surface area contributed by atoms with E-state index in [4.69, 9.17) is 74.2 Å². The highest BCUT2D eigenvalue weighted by molar-refractivity contribution is 6.39. The number of benzene rings is 2. The monoisotopic (exact) mass is 772 g/mol. The molecule has 4 heterocycles. The molecule has 4 aromatic heterocycles. The van der Waals surface area contributed by atoms with Crippen LogP contribution in [0.3, 0.4) is 0 Å². The zero-order chi connectivity index (χ0) is 36.1. The largest absolute Gasteiger partial charge is 0.493 e. The van der Waals surface area contributed by atoms with Gasteiger partial charge in [0, 0.05) is 47.7 Å². The first-order chi connectivity index (χ1) is 24.7. The number of methoxy groups -OCH3 is 2. The molecule has 6 aromatic rings. The Bertz CT molecular complexity index is 2150. The number of hydrogen-bond acceptors (Lipinski definition) is 12. The van der Waals surface area contributed by atoms with Gasteiger partial charge in [-0.2, -0.15) is 0 Å². The number of rotatable bonds is 14. The molecule has 0 aliphatic heterocycles. The van der Waals surface area contributed by atoms with Crippen LogP contribution in [-0.2, 0) is 0 Å². The Morgan fingerprint density at radius 1 is 0.608 bits per heavy atom. The van der Waals surface area contributed by atoms with Crippen LogP contribution in [0, 0.1) is 0 Å². The van der Waals surface area contributed by atoms with Gasteiger partial charge in [-0.1, -0.05) is 46.4 Å². The molecule has 0 spiro atoms. The summed E-state index contributed by atoms with van der Waals surface area (Å²) in [6.45, 7) is 0.556. The number of nitrogens with zero attached hydrogens (tertiary/aromatic N) is 2. The Morgan fingerprint density at radius 3 is 1.37 bits per heavy atom. The van der Waals surface area contributed by atoms with Gasteiger partial charge in [0.1, 0.15) is 0 Å². The summed E-state index contributed by atoms with van der Waals surface area (Å²) < 4.78 is 34.4. The summed E-state index contributed by atoms with van der Waals surface area (Å²) in [7, 11) is 2.99. The minimum absolute atomic E-state index is 0.195. The van der Waals surface area contributed by atoms with Gasteiger partial charge in [0.15, 0.2) is 22.7 Å². The number of ether oxygens (including phenoxy) is 4. The molecule has 0 saturated heterocycles. The van der Waals surface area contributed by atoms with Gasteiger partial charge >= 0.3 is 11.3 Å². The average molecular weight is 774 g/mol. The fourth-order valence-electron chi connectivity index (χ4n) is 5.23. The lowest BCUT2D eigenvalue weighted by atomic mass is 10.1. The summed E-state index contributed by atoms with van der Waals surface area (Å²) in [6.07, 6.45) is 7.70. The molecular weight excluding hydrogens is 746 g/mol. The van der Waals surface area contributed by atoms with Gasteiger partial charge in [0.25, 0.3) is 0 Å². The van der Waals surface area contributed by atoms with Crippen molar-refractivity contribution >= 4 is 91.1 Å². The van der Waals surface area contributed by atoms with Crippen molar-refractivity contribution in [3.05, 3.63) is 102 Å². The van der Waals surface area contributed by atoms with Gasteiger partial charge in [-0.3, -0.25) is 9.97 Å². The van der Waals surface area contributed by atoms with Gasteiger partial charge in [-0.05, 0) is 43.5 Å². The summed E-state index contributed by atoms with van der Waals surface area (Å²) >= 11 is 25.2. The number of anilines is 4. The third-order valence-electron chi connectivity index (χ3n) is 7.61. The minimum atomic E-state index is -0.617. The lowest BCUT2D eigenvalue weighted by Gasteiger charge is -2.16. The Hall–Kier alpha value is -4.88. The molecule has 0 atom stereocenters. The Kier molecular flexibility index (Phi) is 11.3. The topological polar surface area (TPSA) is 147 Å². The van der Waals surface area contributed by atoms with E-state index in [0.29, 0.717) is 64.3 Å². The molecule has 0 bridgehead atoms. The van der Waals surface area contributed by atoms with E-state index >= 15 is 0 Å². The lowest BCUT2D eigenvalue weighted by molar-refractivity contribution is 0.263. The van der Waals surface area contributed by atoms with Crippen molar-refractivity contribution in [2.75, 3.05) is 38.1 Å². The number of halogens is 4. The number of nitrogens with one attached hydrogen (secondary N) is 2. The molecule has 0 unspecified atom stereocenters. The second-order valence-electron chi connectivity index (χ2n) is 10.9. The maximum atomic E-state index is 12.6. The number of pyridine rings is 2. The van der Waals surface area contributed by atoms with Gasteiger partial charge < -0.3 is 38.4 Å². The number of aromatic nitrogens is 2. The third-order valence-corrected chi connectivity index (χ3v) is 8.76. The van der Waals surface area contributed by atoms with E-state index in [9.17, 15) is 9.59 Å². The summed E-state index contributed by atoms with van der Waals surface area (Å²) in [4.78, 5) is 33.1. The molecule has 0 saturated carbocycles. The van der Waals surface area contributed by atoms with E-state index in [1.807, 2.05) is 0 Å². The van der Waals surface area contributed by atoms with Crippen molar-refractivity contribution in [2.45, 2.75) is 19.3 Å². The van der Waals surface area contributed by atoms with Crippen molar-refractivity contribution < 1.29 is 27.8 Å². The van der Waals surface area contributed by atoms with Crippen molar-refractivity contribution in [1.82, 2.24) is 9.97 Å². The Morgan fingerprint density at radius 2 is 1.00 bits per heavy atom. The van der Waals surface area contributed by atoms with Gasteiger partial charge in [-0.15, -0.1) is 0 Å². The first-order valence-corrected chi connectivity index (χ1v) is 16.9. The molecule has 0 aliphatic carbocycles. The minimum Gasteiger partial charge on any atom is -0.493 e. The Balaban J connectivity index is 1.13. The number of fused-ring (bicyclic) bond motifs is 2. The zero-order valence-corrected chi connectivity index (χ0v) is 30.0. The van der Waals surface area contributed by atoms with Crippen molar-refractivity contribution in [2.24, 2.45) is 0 Å². The van der Waals surface area contributed by atoms with E-state index in [-0.39, 0.29) is 56.0 Å². The van der Waals surface area contributed by atoms with Crippen LogP contribution in [0.1, 0.15) is 19.3 Å². The highest BCUT2D eigenvalue weighted by Gasteiger charge is 2.20. The highest BCUT2D eigenvalue weighted by atomic mass is 35.5. The van der Waals surface area contributed by atoms with Crippen LogP contribution >= 0.6 is 46.4 Å². The number of hydrogen-bond donors (Lipinski definition) is 2. The standard InChI is InChI=1S/C35H28Cl4N4O8/c1-46-26-8-6-18-24(42-30-20(36)14-40-15-21(30)37)12-28(44)50-32(18)34(26)48-10-4-3-5-11-49-35-27(47-2)9-7-19-25(13-29(45)51-33(19)35)43-31-22(38)16-41-17-23(31)39/h6-9,12-17H,3-5,10-11H2,1-2H3,(H,40,42)(H,41,43). The van der Waals surface area contributed by atoms with Crippen molar-refractivity contribution in [3.8, 4) is 23.0 Å². The zero-order valence-electron chi connectivity index (χ0n) is 27.0. The van der Waals surface area contributed by atoms with E-state index < -0.39 is 11.3 Å². The second kappa shape index (κ2) is 16.0. The highest BCUT2D eigenvalue weighted by Crippen LogP contribution is 2.42. The van der Waals surface area contributed by atoms with Crippen LogP contribution in [0.15, 0.2) is 79.6 Å². The van der Waals surface area contributed by atoms with Gasteiger partial charge in [-0.25, -0.2) is 9.59 Å². The quantitative estimate of drug-likeness (QED) is 0.0803. The molecule has 2 aromatic carbocycles. The maximum Gasteiger partial charge on any atom is 0.338 e. The van der Waals surface area contributed by atoms with Crippen LogP contribution in [0.4, 0.5) is 22.7 Å². The first kappa shape index (κ1) is 35.9. The van der Waals surface area contributed by atoms with E-state index in [1.165, 1.54) is 51.1 Å². The first-order valence-electron chi connectivity index (χ1n) is 15.4. The molecule has 0 amide bonds. The molecule has 0 fully saturated rings. The fourth-order valence-corrected chi connectivity index (χ4v) is 6.15. The molecule has 0 aliphatic rings. The molecule has 16 heteroatoms. The summed E-state index contributed by atoms with van der Waals surface area (Å²) in [5.41, 5.74) is 0.758. The van der Waals surface area contributed by atoms with E-state index in [1.54, 1.807) is 24.3 Å². The van der Waals surface area contributed by atoms with Crippen LogP contribution in [0.2, 0.25) is 20.1 Å². The SMILES string of the molecule is COc1ccc2c(Nc3c(Cl)cncc3Cl)cc(=O)oc2c1OCCCCCOc1c(OC)ccc2c(Nc3c(Cl)cncc3Cl)cc(=O)oc12. The van der Waals surface area contributed by atoms with Gasteiger partial charge in [0.2, 0.25) is 11.5 Å². The maximum absolute atomic E-state index is 12.6. The summed E-state index contributed by atoms with van der Waals surface area (Å²) in [5.74, 6) is 1.32. The van der Waals surface area contributed by atoms with Crippen LogP contribution in [0.25, 0.3) is 21.9 Å². The van der Waals surface area contributed by atoms with E-state index in [0.717, 1.165) is 0 Å². The smallest absolute Gasteiger partial charge is 0.338 e. The summed E-state index contributed by atoms with van der Waals surface area (Å²) in [5, 5.41) is 8.42. The molecular formula is C35H28Cl4N4O8. The normalized spacial score (nSPS) is 11.1.